The summed E-state index contributed by atoms with van der Waals surface area (Å²) in [5.41, 5.74) is 2.27. The van der Waals surface area contributed by atoms with Crippen molar-refractivity contribution in [1.29, 1.82) is 0 Å². The molecule has 0 aromatic carbocycles. The molecule has 2 aliphatic heterocycles. The van der Waals surface area contributed by atoms with E-state index in [1.807, 2.05) is 13.8 Å². The van der Waals surface area contributed by atoms with Crippen LogP contribution < -0.4 is 0 Å². The number of aryl methyl sites for hydroxylation is 2. The second kappa shape index (κ2) is 4.10. The van der Waals surface area contributed by atoms with E-state index in [0.29, 0.717) is 12.2 Å². The average molecular weight is 236 g/mol. The van der Waals surface area contributed by atoms with Crippen LogP contribution in [0.15, 0.2) is 4.52 Å². The molecule has 0 saturated carbocycles. The van der Waals surface area contributed by atoms with E-state index in [-0.39, 0.29) is 0 Å². The van der Waals surface area contributed by atoms with Gasteiger partial charge in [0.25, 0.3) is 0 Å². The number of fused-ring (bicyclic) bond motifs is 1. The third-order valence-electron chi connectivity index (χ3n) is 4.06. The number of likely N-dealkylation sites (tertiary alicyclic amines) is 1. The molecule has 0 amide bonds. The van der Waals surface area contributed by atoms with Crippen LogP contribution in [0.2, 0.25) is 0 Å². The van der Waals surface area contributed by atoms with Crippen molar-refractivity contribution in [3.8, 4) is 0 Å². The molecular formula is C13H20N2O2. The molecule has 2 aliphatic rings. The molecule has 1 aromatic heterocycles. The molecule has 3 heterocycles. The molecule has 3 atom stereocenters. The minimum absolute atomic E-state index is 0.450. The van der Waals surface area contributed by atoms with Gasteiger partial charge in [-0.25, -0.2) is 0 Å². The highest BCUT2D eigenvalue weighted by Gasteiger charge is 2.40. The Labute approximate surface area is 102 Å². The van der Waals surface area contributed by atoms with Crippen molar-refractivity contribution in [3.63, 3.8) is 0 Å². The van der Waals surface area contributed by atoms with Crippen molar-refractivity contribution in [2.75, 3.05) is 13.1 Å². The molecule has 0 spiro atoms. The molecule has 4 heteroatoms. The van der Waals surface area contributed by atoms with Crippen molar-refractivity contribution < 1.29 is 9.26 Å². The van der Waals surface area contributed by atoms with E-state index in [1.165, 1.54) is 12.0 Å². The van der Waals surface area contributed by atoms with Gasteiger partial charge in [-0.15, -0.1) is 0 Å². The van der Waals surface area contributed by atoms with E-state index in [4.69, 9.17) is 9.26 Å². The van der Waals surface area contributed by atoms with Gasteiger partial charge in [0.15, 0.2) is 0 Å². The Hall–Kier alpha value is -0.870. The number of rotatable bonds is 2. The molecule has 0 unspecified atom stereocenters. The molecule has 1 aromatic rings. The van der Waals surface area contributed by atoms with Crippen LogP contribution in [0.1, 0.15) is 30.4 Å². The maximum atomic E-state index is 5.91. The fraction of sp³-hybridized carbons (Fsp3) is 0.769. The highest BCUT2D eigenvalue weighted by molar-refractivity contribution is 5.20. The summed E-state index contributed by atoms with van der Waals surface area (Å²) in [6, 6.07) is 0. The lowest BCUT2D eigenvalue weighted by molar-refractivity contribution is 0.0477. The van der Waals surface area contributed by atoms with Gasteiger partial charge in [-0.1, -0.05) is 5.16 Å². The smallest absolute Gasteiger partial charge is 0.138 e. The molecule has 0 N–H and O–H groups in total. The molecule has 0 radical (unpaired) electrons. The SMILES string of the molecule is Cc1noc(C)c1CN1C[C@@H]2C[C@@H](C)O[C@@H]2C1. The summed E-state index contributed by atoms with van der Waals surface area (Å²) in [5, 5.41) is 4.01. The molecule has 17 heavy (non-hydrogen) atoms. The summed E-state index contributed by atoms with van der Waals surface area (Å²) < 4.78 is 11.1. The zero-order valence-electron chi connectivity index (χ0n) is 10.8. The maximum Gasteiger partial charge on any atom is 0.138 e. The molecule has 2 fully saturated rings. The van der Waals surface area contributed by atoms with Crippen LogP contribution in [0.5, 0.6) is 0 Å². The van der Waals surface area contributed by atoms with E-state index in [0.717, 1.165) is 37.0 Å². The van der Waals surface area contributed by atoms with Crippen LogP contribution >= 0.6 is 0 Å². The first-order chi connectivity index (χ1) is 8.13. The molecule has 4 nitrogen and oxygen atoms in total. The van der Waals surface area contributed by atoms with Gasteiger partial charge >= 0.3 is 0 Å². The third-order valence-corrected chi connectivity index (χ3v) is 4.06. The number of hydrogen-bond donors (Lipinski definition) is 0. The van der Waals surface area contributed by atoms with E-state index in [1.54, 1.807) is 0 Å². The van der Waals surface area contributed by atoms with Gasteiger partial charge in [0.2, 0.25) is 0 Å². The topological polar surface area (TPSA) is 38.5 Å². The van der Waals surface area contributed by atoms with Gasteiger partial charge in [0.05, 0.1) is 17.9 Å². The predicted octanol–water partition coefficient (Wildman–Crippen LogP) is 1.90. The van der Waals surface area contributed by atoms with Crippen LogP contribution in [0.25, 0.3) is 0 Å². The first-order valence-corrected chi connectivity index (χ1v) is 6.43. The summed E-state index contributed by atoms with van der Waals surface area (Å²) in [6.07, 6.45) is 2.11. The third kappa shape index (κ3) is 2.00. The molecule has 0 aliphatic carbocycles. The molecule has 0 bridgehead atoms. The number of nitrogens with zero attached hydrogens (tertiary/aromatic N) is 2. The second-order valence-electron chi connectivity index (χ2n) is 5.48. The maximum absolute atomic E-state index is 5.91. The van der Waals surface area contributed by atoms with Crippen LogP contribution in [0, 0.1) is 19.8 Å². The Balaban J connectivity index is 1.65. The zero-order valence-corrected chi connectivity index (χ0v) is 10.8. The van der Waals surface area contributed by atoms with Crippen molar-refractivity contribution in [1.82, 2.24) is 10.1 Å². The van der Waals surface area contributed by atoms with Crippen LogP contribution in [0.3, 0.4) is 0 Å². The van der Waals surface area contributed by atoms with Crippen molar-refractivity contribution >= 4 is 0 Å². The van der Waals surface area contributed by atoms with Crippen molar-refractivity contribution in [2.45, 2.75) is 45.9 Å². The van der Waals surface area contributed by atoms with Crippen molar-refractivity contribution in [2.24, 2.45) is 5.92 Å². The Bertz CT molecular complexity index is 382. The Kier molecular flexibility index (Phi) is 2.71. The largest absolute Gasteiger partial charge is 0.374 e. The number of aromatic nitrogens is 1. The lowest BCUT2D eigenvalue weighted by Crippen LogP contribution is -2.24. The fourth-order valence-corrected chi connectivity index (χ4v) is 3.17. The summed E-state index contributed by atoms with van der Waals surface area (Å²) in [7, 11) is 0. The summed E-state index contributed by atoms with van der Waals surface area (Å²) >= 11 is 0. The standard InChI is InChI=1S/C13H20N2O2/c1-8-4-11-5-15(7-13(11)16-8)6-12-9(2)14-17-10(12)3/h8,11,13H,4-7H2,1-3H3/t8-,11+,13-/m1/s1. The van der Waals surface area contributed by atoms with E-state index >= 15 is 0 Å². The van der Waals surface area contributed by atoms with Gasteiger partial charge in [0, 0.05) is 31.1 Å². The highest BCUT2D eigenvalue weighted by Crippen LogP contribution is 2.33. The molecular weight excluding hydrogens is 216 g/mol. The molecule has 3 rings (SSSR count). The first kappa shape index (κ1) is 11.2. The first-order valence-electron chi connectivity index (χ1n) is 6.43. The predicted molar refractivity (Wildman–Crippen MR) is 63.7 cm³/mol. The number of ether oxygens (including phenoxy) is 1. The van der Waals surface area contributed by atoms with Gasteiger partial charge in [0.1, 0.15) is 5.76 Å². The van der Waals surface area contributed by atoms with Gasteiger partial charge < -0.3 is 9.26 Å². The quantitative estimate of drug-likeness (QED) is 0.786. The zero-order chi connectivity index (χ0) is 12.0. The highest BCUT2D eigenvalue weighted by atomic mass is 16.5. The lowest BCUT2D eigenvalue weighted by Gasteiger charge is -2.17. The normalized spacial score (nSPS) is 33.2. The average Bonchev–Trinajstić information content (AvgIpc) is 2.86. The van der Waals surface area contributed by atoms with Crippen LogP contribution in [-0.4, -0.2) is 35.4 Å². The molecule has 94 valence electrons. The number of hydrogen-bond acceptors (Lipinski definition) is 4. The monoisotopic (exact) mass is 236 g/mol. The van der Waals surface area contributed by atoms with E-state index in [2.05, 4.69) is 17.0 Å². The van der Waals surface area contributed by atoms with Gasteiger partial charge in [-0.2, -0.15) is 0 Å². The van der Waals surface area contributed by atoms with Crippen LogP contribution in [-0.2, 0) is 11.3 Å². The Morgan fingerprint density at radius 1 is 1.35 bits per heavy atom. The molecule has 2 saturated heterocycles. The van der Waals surface area contributed by atoms with E-state index < -0.39 is 0 Å². The fourth-order valence-electron chi connectivity index (χ4n) is 3.17. The Morgan fingerprint density at radius 2 is 2.18 bits per heavy atom. The Morgan fingerprint density at radius 3 is 2.82 bits per heavy atom. The van der Waals surface area contributed by atoms with E-state index in [9.17, 15) is 0 Å². The minimum Gasteiger partial charge on any atom is -0.374 e. The lowest BCUT2D eigenvalue weighted by atomic mass is 10.0. The summed E-state index contributed by atoms with van der Waals surface area (Å²) in [6.45, 7) is 9.34. The second-order valence-corrected chi connectivity index (χ2v) is 5.48. The van der Waals surface area contributed by atoms with Crippen molar-refractivity contribution in [3.05, 3.63) is 17.0 Å². The van der Waals surface area contributed by atoms with Gasteiger partial charge in [-0.05, 0) is 27.2 Å². The summed E-state index contributed by atoms with van der Waals surface area (Å²) in [5.74, 6) is 1.68. The van der Waals surface area contributed by atoms with Gasteiger partial charge in [-0.3, -0.25) is 4.90 Å². The minimum atomic E-state index is 0.450. The van der Waals surface area contributed by atoms with Crippen LogP contribution in [0.4, 0.5) is 0 Å². The summed E-state index contributed by atoms with van der Waals surface area (Å²) in [4.78, 5) is 2.47.